The quantitative estimate of drug-likeness (QED) is 0.771. The predicted octanol–water partition coefficient (Wildman–Crippen LogP) is 1.80. The summed E-state index contributed by atoms with van der Waals surface area (Å²) in [5.74, 6) is 0.00521. The molecule has 0 saturated heterocycles. The lowest BCUT2D eigenvalue weighted by Crippen LogP contribution is -2.39. The zero-order valence-corrected chi connectivity index (χ0v) is 13.5. The molecule has 6 nitrogen and oxygen atoms in total. The largest absolute Gasteiger partial charge is 0.341 e. The standard InChI is InChI=1S/C18H19N5O/c1-23(11-12-6-7-16-17(8-12)21-22-20-16)18(24)15-10-19-9-13-4-2-3-5-14(13)15/h2-8,15,19H,9-11H2,1H3,(H,20,21,22). The smallest absolute Gasteiger partial charge is 0.231 e. The van der Waals surface area contributed by atoms with Gasteiger partial charge in [-0.3, -0.25) is 4.79 Å². The van der Waals surface area contributed by atoms with Gasteiger partial charge >= 0.3 is 0 Å². The number of amides is 1. The van der Waals surface area contributed by atoms with E-state index in [-0.39, 0.29) is 11.8 Å². The molecule has 4 rings (SSSR count). The molecule has 0 bridgehead atoms. The van der Waals surface area contributed by atoms with Gasteiger partial charge in [0.2, 0.25) is 5.91 Å². The minimum Gasteiger partial charge on any atom is -0.341 e. The number of aromatic nitrogens is 3. The Kier molecular flexibility index (Phi) is 3.74. The molecule has 0 spiro atoms. The number of aromatic amines is 1. The second-order valence-corrected chi connectivity index (χ2v) is 6.22. The van der Waals surface area contributed by atoms with Crippen LogP contribution in [-0.2, 0) is 17.9 Å². The van der Waals surface area contributed by atoms with Gasteiger partial charge < -0.3 is 10.2 Å². The summed E-state index contributed by atoms with van der Waals surface area (Å²) in [6.07, 6.45) is 0. The molecule has 24 heavy (non-hydrogen) atoms. The predicted molar refractivity (Wildman–Crippen MR) is 91.3 cm³/mol. The van der Waals surface area contributed by atoms with E-state index in [1.165, 1.54) is 5.56 Å². The Balaban J connectivity index is 1.54. The summed E-state index contributed by atoms with van der Waals surface area (Å²) in [6.45, 7) is 2.06. The van der Waals surface area contributed by atoms with Crippen LogP contribution < -0.4 is 5.32 Å². The van der Waals surface area contributed by atoms with Crippen LogP contribution in [0.1, 0.15) is 22.6 Å². The van der Waals surface area contributed by atoms with Crippen molar-refractivity contribution in [3.8, 4) is 0 Å². The van der Waals surface area contributed by atoms with Crippen LogP contribution in [0.5, 0.6) is 0 Å². The minimum absolute atomic E-state index is 0.129. The molecule has 1 aromatic heterocycles. The van der Waals surface area contributed by atoms with E-state index < -0.39 is 0 Å². The topological polar surface area (TPSA) is 73.9 Å². The summed E-state index contributed by atoms with van der Waals surface area (Å²) in [6, 6.07) is 14.0. The molecule has 1 aliphatic heterocycles. The first-order valence-electron chi connectivity index (χ1n) is 8.05. The van der Waals surface area contributed by atoms with Crippen molar-refractivity contribution in [2.24, 2.45) is 0 Å². The monoisotopic (exact) mass is 321 g/mol. The van der Waals surface area contributed by atoms with Crippen LogP contribution in [0.3, 0.4) is 0 Å². The van der Waals surface area contributed by atoms with Crippen molar-refractivity contribution in [1.82, 2.24) is 25.6 Å². The number of benzene rings is 2. The maximum Gasteiger partial charge on any atom is 0.231 e. The first kappa shape index (κ1) is 14.8. The van der Waals surface area contributed by atoms with Gasteiger partial charge in [0.1, 0.15) is 11.0 Å². The number of nitrogens with one attached hydrogen (secondary N) is 2. The third-order valence-corrected chi connectivity index (χ3v) is 4.57. The van der Waals surface area contributed by atoms with E-state index in [4.69, 9.17) is 0 Å². The summed E-state index contributed by atoms with van der Waals surface area (Å²) in [5, 5.41) is 14.1. The number of hydrogen-bond donors (Lipinski definition) is 2. The molecular weight excluding hydrogens is 302 g/mol. The van der Waals surface area contributed by atoms with Crippen LogP contribution in [0.15, 0.2) is 42.5 Å². The van der Waals surface area contributed by atoms with Gasteiger partial charge in [-0.05, 0) is 28.8 Å². The van der Waals surface area contributed by atoms with E-state index >= 15 is 0 Å². The van der Waals surface area contributed by atoms with E-state index in [0.29, 0.717) is 13.1 Å². The van der Waals surface area contributed by atoms with Gasteiger partial charge in [0.25, 0.3) is 0 Å². The number of nitrogens with zero attached hydrogens (tertiary/aromatic N) is 3. The van der Waals surface area contributed by atoms with Crippen molar-refractivity contribution in [2.75, 3.05) is 13.6 Å². The fourth-order valence-corrected chi connectivity index (χ4v) is 3.32. The molecule has 2 aromatic carbocycles. The molecule has 6 heteroatoms. The minimum atomic E-state index is -0.129. The Morgan fingerprint density at radius 2 is 2.04 bits per heavy atom. The number of H-pyrrole nitrogens is 1. The van der Waals surface area contributed by atoms with Crippen molar-refractivity contribution in [3.63, 3.8) is 0 Å². The number of carbonyl (C=O) groups excluding carboxylic acids is 1. The van der Waals surface area contributed by atoms with Crippen LogP contribution >= 0.6 is 0 Å². The van der Waals surface area contributed by atoms with Crippen molar-refractivity contribution in [3.05, 3.63) is 59.2 Å². The van der Waals surface area contributed by atoms with Gasteiger partial charge in [-0.15, -0.1) is 0 Å². The molecule has 2 N–H and O–H groups in total. The molecule has 2 heterocycles. The molecule has 122 valence electrons. The van der Waals surface area contributed by atoms with Crippen molar-refractivity contribution < 1.29 is 4.79 Å². The molecule has 0 saturated carbocycles. The second-order valence-electron chi connectivity index (χ2n) is 6.22. The Morgan fingerprint density at radius 1 is 1.21 bits per heavy atom. The van der Waals surface area contributed by atoms with Crippen LogP contribution in [0.4, 0.5) is 0 Å². The molecule has 0 radical (unpaired) electrons. The van der Waals surface area contributed by atoms with E-state index in [1.54, 1.807) is 4.90 Å². The van der Waals surface area contributed by atoms with E-state index in [0.717, 1.165) is 28.7 Å². The summed E-state index contributed by atoms with van der Waals surface area (Å²) < 4.78 is 0. The molecule has 1 unspecified atom stereocenters. The maximum absolute atomic E-state index is 12.9. The summed E-state index contributed by atoms with van der Waals surface area (Å²) in [4.78, 5) is 14.7. The van der Waals surface area contributed by atoms with Crippen LogP contribution in [0, 0.1) is 0 Å². The average Bonchev–Trinajstić information content (AvgIpc) is 3.08. The lowest BCUT2D eigenvalue weighted by Gasteiger charge is -2.29. The highest BCUT2D eigenvalue weighted by Gasteiger charge is 2.28. The van der Waals surface area contributed by atoms with Crippen molar-refractivity contribution >= 4 is 16.9 Å². The molecule has 0 fully saturated rings. The highest BCUT2D eigenvalue weighted by atomic mass is 16.2. The molecule has 1 atom stereocenters. The average molecular weight is 321 g/mol. The van der Waals surface area contributed by atoms with Crippen LogP contribution in [0.25, 0.3) is 11.0 Å². The molecule has 0 aliphatic carbocycles. The number of likely N-dealkylation sites (N-methyl/N-ethyl adjacent to an activating group) is 1. The van der Waals surface area contributed by atoms with Gasteiger partial charge in [-0.1, -0.05) is 30.3 Å². The van der Waals surface area contributed by atoms with Gasteiger partial charge in [0.15, 0.2) is 0 Å². The highest BCUT2D eigenvalue weighted by Crippen LogP contribution is 2.26. The molecule has 3 aromatic rings. The number of fused-ring (bicyclic) bond motifs is 2. The van der Waals surface area contributed by atoms with Gasteiger partial charge in [0, 0.05) is 26.7 Å². The summed E-state index contributed by atoms with van der Waals surface area (Å²) in [5.41, 5.74) is 5.04. The second kappa shape index (κ2) is 6.05. The number of rotatable bonds is 3. The van der Waals surface area contributed by atoms with E-state index in [9.17, 15) is 4.79 Å². The zero-order chi connectivity index (χ0) is 16.5. The number of carbonyl (C=O) groups is 1. The SMILES string of the molecule is CN(Cc1ccc2n[nH]nc2c1)C(=O)C1CNCc2ccccc21. The van der Waals surface area contributed by atoms with Crippen LogP contribution in [0.2, 0.25) is 0 Å². The fourth-order valence-electron chi connectivity index (χ4n) is 3.32. The molecule has 1 aliphatic rings. The first-order valence-corrected chi connectivity index (χ1v) is 8.05. The summed E-state index contributed by atoms with van der Waals surface area (Å²) >= 11 is 0. The van der Waals surface area contributed by atoms with Crippen LogP contribution in [-0.4, -0.2) is 39.8 Å². The lowest BCUT2D eigenvalue weighted by molar-refractivity contribution is -0.132. The summed E-state index contributed by atoms with van der Waals surface area (Å²) in [7, 11) is 1.85. The normalized spacial score (nSPS) is 16.8. The lowest BCUT2D eigenvalue weighted by atomic mass is 9.90. The zero-order valence-electron chi connectivity index (χ0n) is 13.5. The highest BCUT2D eigenvalue weighted by molar-refractivity contribution is 5.84. The molecule has 1 amide bonds. The Morgan fingerprint density at radius 3 is 2.96 bits per heavy atom. The Hall–Kier alpha value is -2.73. The Labute approximate surface area is 139 Å². The van der Waals surface area contributed by atoms with Gasteiger partial charge in [0.05, 0.1) is 5.92 Å². The Bertz CT molecular complexity index is 888. The van der Waals surface area contributed by atoms with E-state index in [1.807, 2.05) is 37.4 Å². The number of hydrogen-bond acceptors (Lipinski definition) is 4. The maximum atomic E-state index is 12.9. The third-order valence-electron chi connectivity index (χ3n) is 4.57. The molecular formula is C18H19N5O. The third kappa shape index (κ3) is 2.65. The first-order chi connectivity index (χ1) is 11.7. The van der Waals surface area contributed by atoms with Gasteiger partial charge in [-0.2, -0.15) is 15.4 Å². The fraction of sp³-hybridized carbons (Fsp3) is 0.278. The van der Waals surface area contributed by atoms with E-state index in [2.05, 4.69) is 32.9 Å². The van der Waals surface area contributed by atoms with Gasteiger partial charge in [-0.25, -0.2) is 0 Å². The van der Waals surface area contributed by atoms with Crippen molar-refractivity contribution in [1.29, 1.82) is 0 Å². The van der Waals surface area contributed by atoms with Crippen molar-refractivity contribution in [2.45, 2.75) is 19.0 Å².